The molecule has 0 aliphatic heterocycles. The van der Waals surface area contributed by atoms with Gasteiger partial charge in [-0.15, -0.1) is 0 Å². The number of amides is 1. The average molecular weight is 308 g/mol. The Bertz CT molecular complexity index is 853. The molecule has 0 atom stereocenters. The summed E-state index contributed by atoms with van der Waals surface area (Å²) in [4.78, 5) is 16.4. The highest BCUT2D eigenvalue weighted by atomic mass is 16.3. The molecule has 0 aliphatic rings. The van der Waals surface area contributed by atoms with Crippen LogP contribution in [0.25, 0.3) is 5.82 Å². The molecule has 0 spiro atoms. The number of rotatable bonds is 3. The zero-order valence-electron chi connectivity index (χ0n) is 12.8. The molecule has 2 aromatic heterocycles. The Morgan fingerprint density at radius 3 is 2.57 bits per heavy atom. The van der Waals surface area contributed by atoms with Crippen LogP contribution in [0, 0.1) is 13.8 Å². The number of carbonyl (C=O) groups excluding carboxylic acids is 1. The predicted octanol–water partition coefficient (Wildman–Crippen LogP) is 2.84. The molecule has 2 heterocycles. The number of anilines is 1. The fourth-order valence-corrected chi connectivity index (χ4v) is 2.31. The van der Waals surface area contributed by atoms with E-state index in [-0.39, 0.29) is 17.2 Å². The lowest BCUT2D eigenvalue weighted by Gasteiger charge is -2.08. The fourth-order valence-electron chi connectivity index (χ4n) is 2.31. The van der Waals surface area contributed by atoms with Crippen LogP contribution >= 0.6 is 0 Å². The largest absolute Gasteiger partial charge is 0.507 e. The van der Waals surface area contributed by atoms with Gasteiger partial charge in [-0.05, 0) is 44.2 Å². The van der Waals surface area contributed by atoms with Gasteiger partial charge in [-0.1, -0.05) is 12.1 Å². The van der Waals surface area contributed by atoms with Gasteiger partial charge >= 0.3 is 0 Å². The van der Waals surface area contributed by atoms with Crippen LogP contribution in [0.3, 0.4) is 0 Å². The lowest BCUT2D eigenvalue weighted by molar-refractivity contribution is 0.102. The first kappa shape index (κ1) is 14.8. The minimum atomic E-state index is -0.385. The molecule has 0 saturated heterocycles. The van der Waals surface area contributed by atoms with Gasteiger partial charge in [0, 0.05) is 5.69 Å². The third-order valence-electron chi connectivity index (χ3n) is 3.38. The first-order valence-electron chi connectivity index (χ1n) is 7.13. The summed E-state index contributed by atoms with van der Waals surface area (Å²) in [5.74, 6) is 0.233. The number of nitrogens with zero attached hydrogens (tertiary/aromatic N) is 3. The quantitative estimate of drug-likeness (QED) is 0.779. The van der Waals surface area contributed by atoms with Crippen LogP contribution in [0.1, 0.15) is 21.7 Å². The van der Waals surface area contributed by atoms with Crippen LogP contribution in [0.2, 0.25) is 0 Å². The van der Waals surface area contributed by atoms with Crippen LogP contribution in [-0.2, 0) is 0 Å². The average Bonchev–Trinajstić information content (AvgIpc) is 2.87. The van der Waals surface area contributed by atoms with E-state index in [9.17, 15) is 9.90 Å². The Hall–Kier alpha value is -3.15. The minimum Gasteiger partial charge on any atom is -0.507 e. The number of nitrogens with one attached hydrogen (secondary N) is 1. The predicted molar refractivity (Wildman–Crippen MR) is 86.9 cm³/mol. The van der Waals surface area contributed by atoms with E-state index in [1.54, 1.807) is 41.2 Å². The van der Waals surface area contributed by atoms with Crippen LogP contribution < -0.4 is 5.32 Å². The normalized spacial score (nSPS) is 10.5. The van der Waals surface area contributed by atoms with E-state index in [2.05, 4.69) is 15.4 Å². The molecule has 23 heavy (non-hydrogen) atoms. The summed E-state index contributed by atoms with van der Waals surface area (Å²) in [6.07, 6.45) is 1.56. The lowest BCUT2D eigenvalue weighted by Crippen LogP contribution is -2.12. The van der Waals surface area contributed by atoms with E-state index in [0.717, 1.165) is 11.4 Å². The highest BCUT2D eigenvalue weighted by Gasteiger charge is 2.11. The van der Waals surface area contributed by atoms with Crippen molar-refractivity contribution in [2.75, 3.05) is 5.32 Å². The van der Waals surface area contributed by atoms with Crippen LogP contribution in [0.15, 0.2) is 48.7 Å². The SMILES string of the molecule is Cc1cc(C)n(-c2ccc(NC(=O)c3ccccc3O)cn2)n1. The zero-order chi connectivity index (χ0) is 16.4. The molecule has 0 fully saturated rings. The molecule has 0 saturated carbocycles. The molecule has 3 rings (SSSR count). The highest BCUT2D eigenvalue weighted by Crippen LogP contribution is 2.18. The van der Waals surface area contributed by atoms with Crippen molar-refractivity contribution in [3.8, 4) is 11.6 Å². The summed E-state index contributed by atoms with van der Waals surface area (Å²) in [5.41, 5.74) is 2.67. The maximum atomic E-state index is 12.1. The van der Waals surface area contributed by atoms with Gasteiger partial charge < -0.3 is 10.4 Å². The third kappa shape index (κ3) is 3.06. The molecule has 6 nitrogen and oxygen atoms in total. The van der Waals surface area contributed by atoms with Crippen LogP contribution in [-0.4, -0.2) is 25.8 Å². The number of phenolic OH excluding ortho intramolecular Hbond substituents is 1. The van der Waals surface area contributed by atoms with Gasteiger partial charge in [0.25, 0.3) is 5.91 Å². The number of hydrogen-bond donors (Lipinski definition) is 2. The number of aryl methyl sites for hydroxylation is 2. The lowest BCUT2D eigenvalue weighted by atomic mass is 10.2. The monoisotopic (exact) mass is 308 g/mol. The minimum absolute atomic E-state index is 0.0581. The standard InChI is InChI=1S/C17H16N4O2/c1-11-9-12(2)21(20-11)16-8-7-13(10-18-16)19-17(23)14-5-3-4-6-15(14)22/h3-10,22H,1-2H3,(H,19,23). The number of benzene rings is 1. The second-order valence-electron chi connectivity index (χ2n) is 5.22. The molecule has 1 aromatic carbocycles. The Morgan fingerprint density at radius 2 is 1.96 bits per heavy atom. The molecule has 2 N–H and O–H groups in total. The van der Waals surface area contributed by atoms with Gasteiger partial charge in [0.2, 0.25) is 0 Å². The Morgan fingerprint density at radius 1 is 1.17 bits per heavy atom. The van der Waals surface area contributed by atoms with Crippen molar-refractivity contribution >= 4 is 11.6 Å². The first-order chi connectivity index (χ1) is 11.0. The van der Waals surface area contributed by atoms with Crippen molar-refractivity contribution in [3.05, 3.63) is 65.6 Å². The van der Waals surface area contributed by atoms with E-state index in [0.29, 0.717) is 11.5 Å². The van der Waals surface area contributed by atoms with E-state index in [4.69, 9.17) is 0 Å². The van der Waals surface area contributed by atoms with E-state index in [1.807, 2.05) is 19.9 Å². The van der Waals surface area contributed by atoms with Crippen molar-refractivity contribution < 1.29 is 9.90 Å². The molecule has 116 valence electrons. The third-order valence-corrected chi connectivity index (χ3v) is 3.38. The molecular formula is C17H16N4O2. The van der Waals surface area contributed by atoms with E-state index >= 15 is 0 Å². The van der Waals surface area contributed by atoms with Gasteiger partial charge in [-0.25, -0.2) is 9.67 Å². The summed E-state index contributed by atoms with van der Waals surface area (Å²) in [6.45, 7) is 3.87. The smallest absolute Gasteiger partial charge is 0.259 e. The van der Waals surface area contributed by atoms with Gasteiger partial charge in [0.05, 0.1) is 23.1 Å². The Kier molecular flexibility index (Phi) is 3.80. The fraction of sp³-hybridized carbons (Fsp3) is 0.118. The molecule has 1 amide bonds. The number of carbonyl (C=O) groups is 1. The number of phenols is 1. The Balaban J connectivity index is 1.79. The van der Waals surface area contributed by atoms with Crippen LogP contribution in [0.4, 0.5) is 5.69 Å². The highest BCUT2D eigenvalue weighted by molar-refractivity contribution is 6.06. The number of pyridine rings is 1. The summed E-state index contributed by atoms with van der Waals surface area (Å²) in [6, 6.07) is 11.9. The number of aromatic nitrogens is 3. The van der Waals surface area contributed by atoms with Crippen LogP contribution in [0.5, 0.6) is 5.75 Å². The molecule has 6 heteroatoms. The number of hydrogen-bond acceptors (Lipinski definition) is 4. The maximum absolute atomic E-state index is 12.1. The molecule has 0 aliphatic carbocycles. The molecule has 0 unspecified atom stereocenters. The first-order valence-corrected chi connectivity index (χ1v) is 7.13. The van der Waals surface area contributed by atoms with Gasteiger partial charge in [-0.3, -0.25) is 4.79 Å². The second-order valence-corrected chi connectivity index (χ2v) is 5.22. The second kappa shape index (κ2) is 5.92. The van der Waals surface area contributed by atoms with Crippen molar-refractivity contribution in [2.24, 2.45) is 0 Å². The topological polar surface area (TPSA) is 80.0 Å². The molecular weight excluding hydrogens is 292 g/mol. The summed E-state index contributed by atoms with van der Waals surface area (Å²) in [5, 5.41) is 16.8. The van der Waals surface area contributed by atoms with Crippen molar-refractivity contribution in [1.29, 1.82) is 0 Å². The Labute approximate surface area is 133 Å². The van der Waals surface area contributed by atoms with E-state index in [1.165, 1.54) is 6.07 Å². The van der Waals surface area contributed by atoms with Gasteiger partial charge in [0.1, 0.15) is 5.75 Å². The molecule has 0 bridgehead atoms. The van der Waals surface area contributed by atoms with Gasteiger partial charge in [-0.2, -0.15) is 5.10 Å². The number of para-hydroxylation sites is 1. The van der Waals surface area contributed by atoms with Crippen molar-refractivity contribution in [1.82, 2.24) is 14.8 Å². The molecule has 3 aromatic rings. The number of aromatic hydroxyl groups is 1. The summed E-state index contributed by atoms with van der Waals surface area (Å²) in [7, 11) is 0. The van der Waals surface area contributed by atoms with E-state index < -0.39 is 0 Å². The van der Waals surface area contributed by atoms with Crippen molar-refractivity contribution in [3.63, 3.8) is 0 Å². The summed E-state index contributed by atoms with van der Waals surface area (Å²) < 4.78 is 1.74. The molecule has 0 radical (unpaired) electrons. The van der Waals surface area contributed by atoms with Crippen molar-refractivity contribution in [2.45, 2.75) is 13.8 Å². The maximum Gasteiger partial charge on any atom is 0.259 e. The van der Waals surface area contributed by atoms with Gasteiger partial charge in [0.15, 0.2) is 5.82 Å². The zero-order valence-corrected chi connectivity index (χ0v) is 12.8. The summed E-state index contributed by atoms with van der Waals surface area (Å²) >= 11 is 0.